The van der Waals surface area contributed by atoms with E-state index in [1.807, 2.05) is 23.5 Å². The van der Waals surface area contributed by atoms with Gasteiger partial charge in [0.05, 0.1) is 11.0 Å². The number of para-hydroxylation sites is 3. The van der Waals surface area contributed by atoms with E-state index in [2.05, 4.69) is 204 Å². The van der Waals surface area contributed by atoms with E-state index in [0.717, 1.165) is 55.8 Å². The van der Waals surface area contributed by atoms with Gasteiger partial charge in [-0.05, 0) is 101 Å². The minimum Gasteiger partial charge on any atom is -0.456 e. The molecule has 3 heterocycles. The predicted octanol–water partition coefficient (Wildman–Crippen LogP) is 15.9. The Kier molecular flexibility index (Phi) is 7.40. The van der Waals surface area contributed by atoms with Crippen LogP contribution in [0.5, 0.6) is 0 Å². The standard InChI is InChI=1S/C54H34N2OS/c1-2-11-38(12-3-1)56-48-17-7-4-13-43(48)44-32-30-41(34-49(44)56)55(39-26-21-35(22-27-39)37-25-31-46-45-14-6-9-20-52(45)58-53(46)33-37)40-28-23-36(24-29-40)42-16-10-19-51-54(42)47-15-5-8-18-50(47)57-51/h1-34H. The molecule has 0 aliphatic heterocycles. The molecule has 0 unspecified atom stereocenters. The molecule has 0 atom stereocenters. The van der Waals surface area contributed by atoms with E-state index in [1.165, 1.54) is 53.1 Å². The minimum atomic E-state index is 0.901. The summed E-state index contributed by atoms with van der Waals surface area (Å²) in [6.07, 6.45) is 0. The molecule has 12 aromatic rings. The Balaban J connectivity index is 1.01. The van der Waals surface area contributed by atoms with Crippen LogP contribution in [-0.2, 0) is 0 Å². The first kappa shape index (κ1) is 32.8. The van der Waals surface area contributed by atoms with Crippen LogP contribution in [0.4, 0.5) is 17.1 Å². The quantitative estimate of drug-likeness (QED) is 0.168. The van der Waals surface area contributed by atoms with Crippen LogP contribution in [0.25, 0.3) is 91.9 Å². The molecule has 0 saturated heterocycles. The Hall–Kier alpha value is -7.40. The van der Waals surface area contributed by atoms with Gasteiger partial charge in [0.1, 0.15) is 11.2 Å². The molecular formula is C54H34N2OS. The number of fused-ring (bicyclic) bond motifs is 9. The van der Waals surface area contributed by atoms with Gasteiger partial charge in [-0.1, -0.05) is 127 Å². The van der Waals surface area contributed by atoms with E-state index in [-0.39, 0.29) is 0 Å². The number of aromatic nitrogens is 1. The van der Waals surface area contributed by atoms with Crippen LogP contribution in [0.15, 0.2) is 211 Å². The summed E-state index contributed by atoms with van der Waals surface area (Å²) in [5.74, 6) is 0. The average Bonchev–Trinajstić information content (AvgIpc) is 3.96. The average molecular weight is 759 g/mol. The van der Waals surface area contributed by atoms with Crippen molar-refractivity contribution in [1.82, 2.24) is 4.57 Å². The largest absolute Gasteiger partial charge is 0.456 e. The molecule has 0 spiro atoms. The van der Waals surface area contributed by atoms with Crippen LogP contribution in [0.2, 0.25) is 0 Å². The lowest BCUT2D eigenvalue weighted by atomic mass is 9.99. The first-order valence-corrected chi connectivity index (χ1v) is 20.5. The normalized spacial score (nSPS) is 11.8. The lowest BCUT2D eigenvalue weighted by molar-refractivity contribution is 0.669. The number of anilines is 3. The Labute approximate surface area is 338 Å². The third-order valence-electron chi connectivity index (χ3n) is 11.6. The van der Waals surface area contributed by atoms with E-state index < -0.39 is 0 Å². The van der Waals surface area contributed by atoms with Gasteiger partial charge in [0, 0.05) is 64.5 Å². The number of thiophene rings is 1. The van der Waals surface area contributed by atoms with E-state index in [4.69, 9.17) is 4.42 Å². The molecule has 0 amide bonds. The number of benzene rings is 9. The minimum absolute atomic E-state index is 0.901. The summed E-state index contributed by atoms with van der Waals surface area (Å²) in [6.45, 7) is 0. The molecule has 3 aromatic heterocycles. The Morgan fingerprint density at radius 3 is 1.81 bits per heavy atom. The third kappa shape index (κ3) is 5.19. The molecule has 0 bridgehead atoms. The highest BCUT2D eigenvalue weighted by Crippen LogP contribution is 2.43. The van der Waals surface area contributed by atoms with Crippen molar-refractivity contribution in [3.8, 4) is 27.9 Å². The smallest absolute Gasteiger partial charge is 0.136 e. The van der Waals surface area contributed by atoms with Gasteiger partial charge in [-0.3, -0.25) is 0 Å². The summed E-state index contributed by atoms with van der Waals surface area (Å²) >= 11 is 1.86. The third-order valence-corrected chi connectivity index (χ3v) is 12.7. The number of hydrogen-bond donors (Lipinski definition) is 0. The lowest BCUT2D eigenvalue weighted by Gasteiger charge is -2.26. The maximum atomic E-state index is 6.26. The van der Waals surface area contributed by atoms with Gasteiger partial charge in [0.15, 0.2) is 0 Å². The number of hydrogen-bond acceptors (Lipinski definition) is 3. The van der Waals surface area contributed by atoms with E-state index in [0.29, 0.717) is 0 Å². The van der Waals surface area contributed by atoms with Crippen LogP contribution in [0, 0.1) is 0 Å². The number of furan rings is 1. The zero-order valence-electron chi connectivity index (χ0n) is 31.3. The highest BCUT2D eigenvalue weighted by molar-refractivity contribution is 7.25. The second-order valence-corrected chi connectivity index (χ2v) is 16.0. The summed E-state index contributed by atoms with van der Waals surface area (Å²) in [5, 5.41) is 7.38. The number of nitrogens with zero attached hydrogens (tertiary/aromatic N) is 2. The molecule has 58 heavy (non-hydrogen) atoms. The van der Waals surface area contributed by atoms with Gasteiger partial charge >= 0.3 is 0 Å². The second-order valence-electron chi connectivity index (χ2n) is 14.9. The summed E-state index contributed by atoms with van der Waals surface area (Å²) in [6, 6.07) is 74.5. The van der Waals surface area contributed by atoms with E-state index in [1.54, 1.807) is 0 Å². The Morgan fingerprint density at radius 2 is 0.983 bits per heavy atom. The molecule has 0 radical (unpaired) electrons. The molecule has 0 N–H and O–H groups in total. The van der Waals surface area contributed by atoms with Gasteiger partial charge in [0.25, 0.3) is 0 Å². The fourth-order valence-corrected chi connectivity index (χ4v) is 10.1. The van der Waals surface area contributed by atoms with Crippen molar-refractivity contribution in [2.24, 2.45) is 0 Å². The zero-order valence-corrected chi connectivity index (χ0v) is 32.2. The first-order chi connectivity index (χ1) is 28.7. The van der Waals surface area contributed by atoms with Crippen LogP contribution in [0.3, 0.4) is 0 Å². The predicted molar refractivity (Wildman–Crippen MR) is 247 cm³/mol. The van der Waals surface area contributed by atoms with Gasteiger partial charge in [0.2, 0.25) is 0 Å². The van der Waals surface area contributed by atoms with Crippen LogP contribution >= 0.6 is 11.3 Å². The van der Waals surface area contributed by atoms with E-state index in [9.17, 15) is 0 Å². The topological polar surface area (TPSA) is 21.3 Å². The Bertz CT molecular complexity index is 3500. The maximum absolute atomic E-state index is 6.26. The molecule has 12 rings (SSSR count). The van der Waals surface area contributed by atoms with Crippen molar-refractivity contribution in [2.45, 2.75) is 0 Å². The van der Waals surface area contributed by atoms with Crippen molar-refractivity contribution in [1.29, 1.82) is 0 Å². The van der Waals surface area contributed by atoms with E-state index >= 15 is 0 Å². The van der Waals surface area contributed by atoms with Crippen molar-refractivity contribution < 1.29 is 4.42 Å². The summed E-state index contributed by atoms with van der Waals surface area (Å²) < 4.78 is 11.3. The lowest BCUT2D eigenvalue weighted by Crippen LogP contribution is -2.10. The molecule has 0 aliphatic carbocycles. The van der Waals surface area contributed by atoms with Gasteiger partial charge < -0.3 is 13.9 Å². The van der Waals surface area contributed by atoms with Crippen molar-refractivity contribution in [3.05, 3.63) is 206 Å². The SMILES string of the molecule is c1ccc(-n2c3ccccc3c3ccc(N(c4ccc(-c5ccc6c(c5)sc5ccccc56)cc4)c4ccc(-c5cccc6oc7ccccc7c56)cc4)cc32)cc1. The zero-order chi connectivity index (χ0) is 38.2. The Morgan fingerprint density at radius 1 is 0.379 bits per heavy atom. The molecule has 272 valence electrons. The van der Waals surface area contributed by atoms with Crippen molar-refractivity contribution >= 4 is 92.3 Å². The summed E-state index contributed by atoms with van der Waals surface area (Å²) in [7, 11) is 0. The fraction of sp³-hybridized carbons (Fsp3) is 0. The summed E-state index contributed by atoms with van der Waals surface area (Å²) in [5.41, 5.74) is 13.3. The molecule has 3 nitrogen and oxygen atoms in total. The number of rotatable bonds is 6. The second kappa shape index (κ2) is 13.1. The monoisotopic (exact) mass is 758 g/mol. The molecule has 9 aromatic carbocycles. The summed E-state index contributed by atoms with van der Waals surface area (Å²) in [4.78, 5) is 2.38. The van der Waals surface area contributed by atoms with Gasteiger partial charge in [-0.25, -0.2) is 0 Å². The maximum Gasteiger partial charge on any atom is 0.136 e. The highest BCUT2D eigenvalue weighted by Gasteiger charge is 2.19. The van der Waals surface area contributed by atoms with Gasteiger partial charge in [-0.15, -0.1) is 11.3 Å². The molecule has 0 aliphatic rings. The first-order valence-electron chi connectivity index (χ1n) is 19.7. The van der Waals surface area contributed by atoms with Crippen LogP contribution < -0.4 is 4.90 Å². The van der Waals surface area contributed by atoms with Crippen molar-refractivity contribution in [3.63, 3.8) is 0 Å². The molecule has 0 fully saturated rings. The van der Waals surface area contributed by atoms with Crippen molar-refractivity contribution in [2.75, 3.05) is 4.90 Å². The highest BCUT2D eigenvalue weighted by atomic mass is 32.1. The van der Waals surface area contributed by atoms with Crippen LogP contribution in [0.1, 0.15) is 0 Å². The van der Waals surface area contributed by atoms with Crippen LogP contribution in [-0.4, -0.2) is 4.57 Å². The molecule has 4 heteroatoms. The molecular weight excluding hydrogens is 725 g/mol. The van der Waals surface area contributed by atoms with Gasteiger partial charge in [-0.2, -0.15) is 0 Å². The molecule has 0 saturated carbocycles. The fourth-order valence-electron chi connectivity index (χ4n) is 8.91.